The summed E-state index contributed by atoms with van der Waals surface area (Å²) >= 11 is 0. The Balaban J connectivity index is 1.44. The van der Waals surface area contributed by atoms with E-state index in [1.165, 1.54) is 0 Å². The highest BCUT2D eigenvalue weighted by Crippen LogP contribution is 2.29. The first-order valence-electron chi connectivity index (χ1n) is 11.2. The molecular weight excluding hydrogens is 416 g/mol. The van der Waals surface area contributed by atoms with Gasteiger partial charge in [-0.3, -0.25) is 9.89 Å². The highest BCUT2D eigenvalue weighted by atomic mass is 16.2. The predicted octanol–water partition coefficient (Wildman–Crippen LogP) is 2.73. The van der Waals surface area contributed by atoms with Gasteiger partial charge in [-0.2, -0.15) is 5.10 Å². The number of aromatic nitrogens is 4. The van der Waals surface area contributed by atoms with Gasteiger partial charge in [0.1, 0.15) is 11.6 Å². The van der Waals surface area contributed by atoms with Crippen molar-refractivity contribution in [2.24, 2.45) is 0 Å². The molecule has 0 atom stereocenters. The van der Waals surface area contributed by atoms with E-state index in [0.717, 1.165) is 48.8 Å². The van der Waals surface area contributed by atoms with Gasteiger partial charge in [0.15, 0.2) is 11.6 Å². The summed E-state index contributed by atoms with van der Waals surface area (Å²) in [6.07, 6.45) is 3.95. The van der Waals surface area contributed by atoms with Gasteiger partial charge in [-0.15, -0.1) is 0 Å². The van der Waals surface area contributed by atoms with Crippen LogP contribution in [-0.4, -0.2) is 69.1 Å². The second-order valence-corrected chi connectivity index (χ2v) is 8.53. The number of hydrogen-bond acceptors (Lipinski definition) is 7. The Morgan fingerprint density at radius 1 is 1.06 bits per heavy atom. The van der Waals surface area contributed by atoms with Crippen molar-refractivity contribution in [3.63, 3.8) is 0 Å². The maximum absolute atomic E-state index is 11.8. The van der Waals surface area contributed by atoms with Gasteiger partial charge in [-0.05, 0) is 18.7 Å². The van der Waals surface area contributed by atoms with Gasteiger partial charge in [0.2, 0.25) is 5.91 Å². The van der Waals surface area contributed by atoms with E-state index in [0.29, 0.717) is 30.5 Å². The quantitative estimate of drug-likeness (QED) is 0.625. The number of H-pyrrole nitrogens is 1. The molecule has 170 valence electrons. The molecule has 0 saturated carbocycles. The second-order valence-electron chi connectivity index (χ2n) is 8.53. The van der Waals surface area contributed by atoms with Crippen molar-refractivity contribution in [2.75, 3.05) is 43.4 Å². The summed E-state index contributed by atoms with van der Waals surface area (Å²) in [6, 6.07) is 12.1. The summed E-state index contributed by atoms with van der Waals surface area (Å²) < 4.78 is 0. The van der Waals surface area contributed by atoms with E-state index in [4.69, 9.17) is 9.97 Å². The van der Waals surface area contributed by atoms with Crippen LogP contribution in [0.5, 0.6) is 0 Å². The Morgan fingerprint density at radius 3 is 2.61 bits per heavy atom. The van der Waals surface area contributed by atoms with Crippen molar-refractivity contribution in [1.29, 1.82) is 0 Å². The molecule has 9 nitrogen and oxygen atoms in total. The molecule has 0 spiro atoms. The fourth-order valence-electron chi connectivity index (χ4n) is 4.11. The zero-order chi connectivity index (χ0) is 22.8. The van der Waals surface area contributed by atoms with Crippen molar-refractivity contribution < 1.29 is 4.79 Å². The zero-order valence-corrected chi connectivity index (χ0v) is 19.0. The Morgan fingerprint density at radius 2 is 1.85 bits per heavy atom. The lowest BCUT2D eigenvalue weighted by Gasteiger charge is -2.33. The number of carbonyl (C=O) groups is 1. The number of aromatic amines is 1. The van der Waals surface area contributed by atoms with E-state index in [-0.39, 0.29) is 5.91 Å². The zero-order valence-electron chi connectivity index (χ0n) is 19.0. The van der Waals surface area contributed by atoms with E-state index in [1.807, 2.05) is 48.6 Å². The topological polar surface area (TPSA) is 93.3 Å². The van der Waals surface area contributed by atoms with E-state index < -0.39 is 0 Å². The highest BCUT2D eigenvalue weighted by Gasteiger charge is 2.27. The first-order valence-corrected chi connectivity index (χ1v) is 11.2. The molecule has 1 saturated heterocycles. The molecule has 2 N–H and O–H groups in total. The van der Waals surface area contributed by atoms with Crippen molar-refractivity contribution >= 4 is 35.5 Å². The standard InChI is InChI=1S/C24H28N8O/c1-17(33)32-15-19-20(16-32)28-29-24(19)27-22-14-23(31-12-10-30(2)11-13-31)26-21(25-22)9-8-18-6-4-3-5-7-18/h3-9,14H,10-13,15-16H2,1-2H3,(H2,25,26,27,28,29)/b9-8+. The van der Waals surface area contributed by atoms with E-state index in [2.05, 4.69) is 32.4 Å². The summed E-state index contributed by atoms with van der Waals surface area (Å²) in [6.45, 7) is 6.51. The van der Waals surface area contributed by atoms with Crippen molar-refractivity contribution in [1.82, 2.24) is 30.0 Å². The molecular formula is C24H28N8O. The Labute approximate surface area is 193 Å². The largest absolute Gasteiger partial charge is 0.354 e. The number of amides is 1. The molecule has 1 amide bonds. The summed E-state index contributed by atoms with van der Waals surface area (Å²) in [4.78, 5) is 27.7. The molecule has 1 fully saturated rings. The second kappa shape index (κ2) is 9.03. The molecule has 1 aromatic carbocycles. The molecule has 9 heteroatoms. The molecule has 4 heterocycles. The molecule has 3 aromatic rings. The average Bonchev–Trinajstić information content (AvgIpc) is 3.41. The average molecular weight is 445 g/mol. The van der Waals surface area contributed by atoms with Gasteiger partial charge < -0.3 is 20.0 Å². The molecule has 33 heavy (non-hydrogen) atoms. The number of piperazine rings is 1. The predicted molar refractivity (Wildman–Crippen MR) is 129 cm³/mol. The first-order chi connectivity index (χ1) is 16.0. The van der Waals surface area contributed by atoms with Gasteiger partial charge in [0.05, 0.1) is 18.8 Å². The molecule has 0 aliphatic carbocycles. The van der Waals surface area contributed by atoms with Crippen molar-refractivity contribution in [3.05, 3.63) is 59.0 Å². The van der Waals surface area contributed by atoms with Gasteiger partial charge in [0.25, 0.3) is 0 Å². The maximum Gasteiger partial charge on any atom is 0.220 e. The minimum Gasteiger partial charge on any atom is -0.354 e. The third-order valence-corrected chi connectivity index (χ3v) is 6.12. The molecule has 2 aliphatic rings. The SMILES string of the molecule is CC(=O)N1Cc2[nH]nc(Nc3cc(N4CCN(C)CC4)nc(/C=C/c4ccccc4)n3)c2C1. The fraction of sp³-hybridized carbons (Fsp3) is 0.333. The summed E-state index contributed by atoms with van der Waals surface area (Å²) in [5.41, 5.74) is 3.06. The molecule has 0 unspecified atom stereocenters. The normalized spacial score (nSPS) is 16.4. The lowest BCUT2D eigenvalue weighted by Crippen LogP contribution is -2.44. The number of benzene rings is 1. The van der Waals surface area contributed by atoms with Gasteiger partial charge >= 0.3 is 0 Å². The number of fused-ring (bicyclic) bond motifs is 1. The smallest absolute Gasteiger partial charge is 0.220 e. The number of nitrogens with zero attached hydrogens (tertiary/aromatic N) is 6. The van der Waals surface area contributed by atoms with E-state index in [9.17, 15) is 4.79 Å². The number of likely N-dealkylation sites (N-methyl/N-ethyl adjacent to an activating group) is 1. The minimum atomic E-state index is 0.0540. The van der Waals surface area contributed by atoms with E-state index >= 15 is 0 Å². The lowest BCUT2D eigenvalue weighted by atomic mass is 10.2. The number of hydrogen-bond donors (Lipinski definition) is 2. The monoisotopic (exact) mass is 444 g/mol. The number of rotatable bonds is 5. The van der Waals surface area contributed by atoms with Crippen LogP contribution in [0.1, 0.15) is 29.6 Å². The fourth-order valence-corrected chi connectivity index (χ4v) is 4.11. The van der Waals surface area contributed by atoms with Crippen LogP contribution in [0.2, 0.25) is 0 Å². The lowest BCUT2D eigenvalue weighted by molar-refractivity contribution is -0.129. The highest BCUT2D eigenvalue weighted by molar-refractivity contribution is 5.75. The summed E-state index contributed by atoms with van der Waals surface area (Å²) in [7, 11) is 2.14. The summed E-state index contributed by atoms with van der Waals surface area (Å²) in [5, 5.41) is 10.9. The van der Waals surface area contributed by atoms with Crippen LogP contribution in [0.25, 0.3) is 12.2 Å². The van der Waals surface area contributed by atoms with Crippen LogP contribution in [0, 0.1) is 0 Å². The molecule has 0 radical (unpaired) electrons. The van der Waals surface area contributed by atoms with Crippen LogP contribution in [0.15, 0.2) is 36.4 Å². The summed E-state index contributed by atoms with van der Waals surface area (Å²) in [5.74, 6) is 2.97. The minimum absolute atomic E-state index is 0.0540. The van der Waals surface area contributed by atoms with Gasteiger partial charge in [-0.25, -0.2) is 9.97 Å². The van der Waals surface area contributed by atoms with Crippen LogP contribution >= 0.6 is 0 Å². The van der Waals surface area contributed by atoms with Crippen LogP contribution in [0.3, 0.4) is 0 Å². The molecule has 5 rings (SSSR count). The number of nitrogens with one attached hydrogen (secondary N) is 2. The van der Waals surface area contributed by atoms with Crippen molar-refractivity contribution in [3.8, 4) is 0 Å². The van der Waals surface area contributed by atoms with Gasteiger partial charge in [-0.1, -0.05) is 36.4 Å². The Hall–Kier alpha value is -3.72. The van der Waals surface area contributed by atoms with Crippen LogP contribution < -0.4 is 10.2 Å². The van der Waals surface area contributed by atoms with Crippen LogP contribution in [0.4, 0.5) is 17.5 Å². The molecule has 2 aromatic heterocycles. The molecule has 0 bridgehead atoms. The number of carbonyl (C=O) groups excluding carboxylic acids is 1. The first kappa shape index (κ1) is 21.1. The molecule has 2 aliphatic heterocycles. The third kappa shape index (κ3) is 4.73. The Bertz CT molecular complexity index is 1160. The Kier molecular flexibility index (Phi) is 5.78. The maximum atomic E-state index is 11.8. The van der Waals surface area contributed by atoms with Crippen molar-refractivity contribution in [2.45, 2.75) is 20.0 Å². The van der Waals surface area contributed by atoms with Crippen LogP contribution in [-0.2, 0) is 17.9 Å². The number of anilines is 3. The third-order valence-electron chi connectivity index (χ3n) is 6.12. The van der Waals surface area contributed by atoms with Gasteiger partial charge in [0, 0.05) is 44.7 Å². The van der Waals surface area contributed by atoms with E-state index in [1.54, 1.807) is 11.8 Å².